The molecule has 0 radical (unpaired) electrons. The molecule has 1 unspecified atom stereocenters. The maximum Gasteiger partial charge on any atom is 0.303 e. The van der Waals surface area contributed by atoms with Crippen molar-refractivity contribution in [2.75, 3.05) is 26.0 Å². The molecular weight excluding hydrogens is 258 g/mol. The zero-order valence-corrected chi connectivity index (χ0v) is 11.7. The van der Waals surface area contributed by atoms with Crippen molar-refractivity contribution in [2.45, 2.75) is 38.2 Å². The molecule has 0 aromatic carbocycles. The Kier molecular flexibility index (Phi) is 5.12. The van der Waals surface area contributed by atoms with Gasteiger partial charge in [-0.05, 0) is 26.2 Å². The molecule has 1 fully saturated rings. The third-order valence-electron chi connectivity index (χ3n) is 3.30. The Bertz CT molecular complexity index is 394. The minimum atomic E-state index is -3.37. The molecule has 0 aromatic heterocycles. The largest absolute Gasteiger partial charge is 0.481 e. The number of ether oxygens (including phenoxy) is 1. The highest BCUT2D eigenvalue weighted by Gasteiger charge is 2.35. The molecule has 1 aliphatic rings. The first-order valence-electron chi connectivity index (χ1n) is 6.04. The summed E-state index contributed by atoms with van der Waals surface area (Å²) in [5, 5.41) is 8.51. The van der Waals surface area contributed by atoms with E-state index in [4.69, 9.17) is 9.84 Å². The van der Waals surface area contributed by atoms with Crippen molar-refractivity contribution >= 4 is 16.0 Å². The van der Waals surface area contributed by atoms with Gasteiger partial charge in [-0.2, -0.15) is 4.31 Å². The van der Waals surface area contributed by atoms with Gasteiger partial charge in [0, 0.05) is 26.6 Å². The second-order valence-electron chi connectivity index (χ2n) is 4.90. The molecule has 0 amide bonds. The van der Waals surface area contributed by atoms with Crippen LogP contribution in [0.25, 0.3) is 0 Å². The molecule has 0 aromatic rings. The fourth-order valence-corrected chi connectivity index (χ4v) is 3.74. The molecule has 1 aliphatic heterocycles. The number of hydrogen-bond donors (Lipinski definition) is 1. The van der Waals surface area contributed by atoms with Gasteiger partial charge in [-0.1, -0.05) is 0 Å². The van der Waals surface area contributed by atoms with E-state index < -0.39 is 21.6 Å². The Balaban J connectivity index is 2.59. The predicted octanol–water partition coefficient (Wildman–Crippen LogP) is 0.682. The van der Waals surface area contributed by atoms with E-state index in [0.717, 1.165) is 12.8 Å². The van der Waals surface area contributed by atoms with Crippen LogP contribution in [0.15, 0.2) is 0 Å². The van der Waals surface area contributed by atoms with Gasteiger partial charge in [0.15, 0.2) is 0 Å². The van der Waals surface area contributed by atoms with E-state index >= 15 is 0 Å². The van der Waals surface area contributed by atoms with E-state index in [2.05, 4.69) is 0 Å². The summed E-state index contributed by atoms with van der Waals surface area (Å²) in [6.45, 7) is 2.74. The van der Waals surface area contributed by atoms with Gasteiger partial charge in [0.1, 0.15) is 0 Å². The predicted molar refractivity (Wildman–Crippen MR) is 66.9 cm³/mol. The standard InChI is InChI=1S/C11H21NO5S/c1-11(17-2)6-4-7-12(9-11)18(15,16)8-3-5-10(13)14/h3-9H2,1-2H3,(H,13,14). The highest BCUT2D eigenvalue weighted by atomic mass is 32.2. The summed E-state index contributed by atoms with van der Waals surface area (Å²) in [4.78, 5) is 10.4. The molecule has 1 saturated heterocycles. The van der Waals surface area contributed by atoms with Gasteiger partial charge in [-0.15, -0.1) is 0 Å². The Labute approximate surface area is 108 Å². The fraction of sp³-hybridized carbons (Fsp3) is 0.909. The van der Waals surface area contributed by atoms with Crippen LogP contribution >= 0.6 is 0 Å². The van der Waals surface area contributed by atoms with Gasteiger partial charge in [-0.25, -0.2) is 8.42 Å². The molecule has 0 spiro atoms. The van der Waals surface area contributed by atoms with Crippen LogP contribution in [0.1, 0.15) is 32.6 Å². The summed E-state index contributed by atoms with van der Waals surface area (Å²) in [5.74, 6) is -1.08. The highest BCUT2D eigenvalue weighted by molar-refractivity contribution is 7.89. The van der Waals surface area contributed by atoms with E-state index in [0.29, 0.717) is 13.1 Å². The van der Waals surface area contributed by atoms with Crippen LogP contribution in [0.2, 0.25) is 0 Å². The first kappa shape index (κ1) is 15.4. The summed E-state index contributed by atoms with van der Waals surface area (Å²) in [6.07, 6.45) is 1.64. The number of aliphatic carboxylic acids is 1. The lowest BCUT2D eigenvalue weighted by atomic mass is 9.96. The molecule has 0 aliphatic carbocycles. The van der Waals surface area contributed by atoms with Crippen LogP contribution in [0.3, 0.4) is 0 Å². The number of carboxylic acids is 1. The minimum absolute atomic E-state index is 0.112. The van der Waals surface area contributed by atoms with Crippen LogP contribution in [0, 0.1) is 0 Å². The molecule has 18 heavy (non-hydrogen) atoms. The first-order valence-corrected chi connectivity index (χ1v) is 7.65. The van der Waals surface area contributed by atoms with Gasteiger partial charge < -0.3 is 9.84 Å². The summed E-state index contributed by atoms with van der Waals surface area (Å²) in [5.41, 5.74) is -0.432. The van der Waals surface area contributed by atoms with Crippen LogP contribution in [0.5, 0.6) is 0 Å². The highest BCUT2D eigenvalue weighted by Crippen LogP contribution is 2.26. The number of carbonyl (C=O) groups is 1. The second kappa shape index (κ2) is 5.99. The van der Waals surface area contributed by atoms with E-state index in [1.54, 1.807) is 7.11 Å². The Hall–Kier alpha value is -0.660. The monoisotopic (exact) mass is 279 g/mol. The van der Waals surface area contributed by atoms with Crippen LogP contribution in [0.4, 0.5) is 0 Å². The topological polar surface area (TPSA) is 83.9 Å². The quantitative estimate of drug-likeness (QED) is 0.773. The van der Waals surface area contributed by atoms with Crippen molar-refractivity contribution in [2.24, 2.45) is 0 Å². The molecule has 0 saturated carbocycles. The van der Waals surface area contributed by atoms with Crippen molar-refractivity contribution < 1.29 is 23.1 Å². The van der Waals surface area contributed by atoms with Crippen molar-refractivity contribution in [3.05, 3.63) is 0 Å². The Morgan fingerprint density at radius 1 is 1.50 bits per heavy atom. The van der Waals surface area contributed by atoms with Crippen molar-refractivity contribution in [1.82, 2.24) is 4.31 Å². The van der Waals surface area contributed by atoms with Gasteiger partial charge in [0.05, 0.1) is 11.4 Å². The molecule has 0 bridgehead atoms. The number of piperidine rings is 1. The molecule has 7 heteroatoms. The Morgan fingerprint density at radius 2 is 2.17 bits per heavy atom. The maximum absolute atomic E-state index is 12.0. The number of carboxylic acid groups (broad SMARTS) is 1. The normalized spacial score (nSPS) is 26.1. The second-order valence-corrected chi connectivity index (χ2v) is 6.99. The summed E-state index contributed by atoms with van der Waals surface area (Å²) >= 11 is 0. The average Bonchev–Trinajstić information content (AvgIpc) is 2.28. The number of nitrogens with zero attached hydrogens (tertiary/aromatic N) is 1. The lowest BCUT2D eigenvalue weighted by Gasteiger charge is -2.38. The van der Waals surface area contributed by atoms with E-state index in [1.165, 1.54) is 4.31 Å². The third-order valence-corrected chi connectivity index (χ3v) is 5.21. The summed E-state index contributed by atoms with van der Waals surface area (Å²) in [6, 6.07) is 0. The van der Waals surface area contributed by atoms with E-state index in [1.807, 2.05) is 6.92 Å². The molecule has 1 N–H and O–H groups in total. The van der Waals surface area contributed by atoms with Gasteiger partial charge in [0.25, 0.3) is 0 Å². The van der Waals surface area contributed by atoms with E-state index in [9.17, 15) is 13.2 Å². The van der Waals surface area contributed by atoms with Crippen molar-refractivity contribution in [3.8, 4) is 0 Å². The number of methoxy groups -OCH3 is 1. The fourth-order valence-electron chi connectivity index (χ4n) is 2.10. The van der Waals surface area contributed by atoms with Crippen LogP contribution < -0.4 is 0 Å². The smallest absolute Gasteiger partial charge is 0.303 e. The van der Waals surface area contributed by atoms with Gasteiger partial charge in [0.2, 0.25) is 10.0 Å². The van der Waals surface area contributed by atoms with Crippen molar-refractivity contribution in [1.29, 1.82) is 0 Å². The third kappa shape index (κ3) is 4.22. The van der Waals surface area contributed by atoms with E-state index in [-0.39, 0.29) is 18.6 Å². The van der Waals surface area contributed by atoms with Crippen molar-refractivity contribution in [3.63, 3.8) is 0 Å². The van der Waals surface area contributed by atoms with Crippen LogP contribution in [-0.2, 0) is 19.6 Å². The molecule has 6 nitrogen and oxygen atoms in total. The zero-order chi connectivity index (χ0) is 13.8. The number of sulfonamides is 1. The lowest BCUT2D eigenvalue weighted by Crippen LogP contribution is -2.50. The van der Waals surface area contributed by atoms with Crippen LogP contribution in [-0.4, -0.2) is 55.4 Å². The Morgan fingerprint density at radius 3 is 2.72 bits per heavy atom. The zero-order valence-electron chi connectivity index (χ0n) is 10.9. The molecule has 1 heterocycles. The molecular formula is C11H21NO5S. The first-order chi connectivity index (χ1) is 8.29. The number of rotatable bonds is 6. The number of hydrogen-bond acceptors (Lipinski definition) is 4. The SMILES string of the molecule is COC1(C)CCCN(S(=O)(=O)CCCC(=O)O)C1. The molecule has 1 atom stereocenters. The van der Waals surface area contributed by atoms with Gasteiger partial charge in [-0.3, -0.25) is 4.79 Å². The minimum Gasteiger partial charge on any atom is -0.481 e. The molecule has 106 valence electrons. The lowest BCUT2D eigenvalue weighted by molar-refractivity contribution is -0.137. The summed E-state index contributed by atoms with van der Waals surface area (Å²) in [7, 11) is -1.79. The van der Waals surface area contributed by atoms with Gasteiger partial charge >= 0.3 is 5.97 Å². The summed E-state index contributed by atoms with van der Waals surface area (Å²) < 4.78 is 30.9. The molecule has 1 rings (SSSR count). The maximum atomic E-state index is 12.0. The average molecular weight is 279 g/mol.